The molecule has 3 aromatic carbocycles. The highest BCUT2D eigenvalue weighted by Crippen LogP contribution is 2.31. The van der Waals surface area contributed by atoms with Gasteiger partial charge in [0.15, 0.2) is 5.13 Å². The van der Waals surface area contributed by atoms with Crippen LogP contribution in [0.5, 0.6) is 0 Å². The largest absolute Gasteiger partial charge is 0.354 e. The summed E-state index contributed by atoms with van der Waals surface area (Å²) in [5, 5.41) is 4.32. The molecule has 5 rings (SSSR count). The van der Waals surface area contributed by atoms with Crippen LogP contribution in [0.1, 0.15) is 29.5 Å². The van der Waals surface area contributed by atoms with Crippen molar-refractivity contribution in [2.75, 3.05) is 44.2 Å². The number of carbonyl (C=O) groups is 1. The SMILES string of the molecule is CCc1cccc2sc(N3CCN(CCNC(=O)C(c4ccccc4)c4ccccc4)CC3)nc12. The molecule has 1 fully saturated rings. The van der Waals surface area contributed by atoms with Crippen molar-refractivity contribution in [2.24, 2.45) is 0 Å². The standard InChI is InChI=1S/C29H32N4OS/c1-2-22-14-9-15-25-27(22)31-29(35-25)33-20-18-32(19-21-33)17-16-30-28(34)26(23-10-5-3-6-11-23)24-12-7-4-8-13-24/h3-15,26H,2,16-21H2,1H3,(H,30,34). The Hall–Kier alpha value is -3.22. The average Bonchev–Trinajstić information content (AvgIpc) is 3.35. The Labute approximate surface area is 211 Å². The summed E-state index contributed by atoms with van der Waals surface area (Å²) >= 11 is 1.79. The number of nitrogens with zero attached hydrogens (tertiary/aromatic N) is 3. The molecule has 0 atom stereocenters. The van der Waals surface area contributed by atoms with Crippen LogP contribution in [0.25, 0.3) is 10.2 Å². The Morgan fingerprint density at radius 3 is 2.20 bits per heavy atom. The van der Waals surface area contributed by atoms with Crippen LogP contribution in [0.15, 0.2) is 78.9 Å². The zero-order chi connectivity index (χ0) is 24.0. The molecule has 35 heavy (non-hydrogen) atoms. The summed E-state index contributed by atoms with van der Waals surface area (Å²) in [7, 11) is 0. The van der Waals surface area contributed by atoms with Gasteiger partial charge in [0.2, 0.25) is 5.91 Å². The number of fused-ring (bicyclic) bond motifs is 1. The minimum atomic E-state index is -0.290. The number of benzene rings is 3. The number of anilines is 1. The van der Waals surface area contributed by atoms with Crippen LogP contribution >= 0.6 is 11.3 Å². The van der Waals surface area contributed by atoms with Crippen molar-refractivity contribution in [1.29, 1.82) is 0 Å². The lowest BCUT2D eigenvalue weighted by Crippen LogP contribution is -2.48. The van der Waals surface area contributed by atoms with Gasteiger partial charge in [0, 0.05) is 39.3 Å². The Morgan fingerprint density at radius 1 is 0.914 bits per heavy atom. The van der Waals surface area contributed by atoms with E-state index in [0.717, 1.165) is 60.9 Å². The number of piperazine rings is 1. The highest BCUT2D eigenvalue weighted by atomic mass is 32.1. The van der Waals surface area contributed by atoms with Crippen LogP contribution in [-0.4, -0.2) is 55.1 Å². The summed E-state index contributed by atoms with van der Waals surface area (Å²) in [6, 6.07) is 26.5. The first kappa shape index (κ1) is 23.5. The van der Waals surface area contributed by atoms with Gasteiger partial charge in [-0.3, -0.25) is 9.69 Å². The number of aromatic nitrogens is 1. The van der Waals surface area contributed by atoms with Gasteiger partial charge >= 0.3 is 0 Å². The number of carbonyl (C=O) groups excluding carboxylic acids is 1. The Kier molecular flexibility index (Phi) is 7.40. The molecule has 6 heteroatoms. The zero-order valence-corrected chi connectivity index (χ0v) is 21.0. The fourth-order valence-electron chi connectivity index (χ4n) is 4.80. The van der Waals surface area contributed by atoms with Gasteiger partial charge in [-0.25, -0.2) is 4.98 Å². The normalized spacial score (nSPS) is 14.5. The molecule has 0 saturated carbocycles. The average molecular weight is 485 g/mol. The van der Waals surface area contributed by atoms with Gasteiger partial charge in [-0.2, -0.15) is 0 Å². The minimum Gasteiger partial charge on any atom is -0.354 e. The van der Waals surface area contributed by atoms with Gasteiger partial charge in [-0.15, -0.1) is 0 Å². The molecule has 4 aromatic rings. The Balaban J connectivity index is 1.15. The van der Waals surface area contributed by atoms with Gasteiger partial charge in [0.05, 0.1) is 16.1 Å². The number of thiazole rings is 1. The predicted octanol–water partition coefficient (Wildman–Crippen LogP) is 4.93. The predicted molar refractivity (Wildman–Crippen MR) is 145 cm³/mol. The molecule has 1 saturated heterocycles. The first-order valence-corrected chi connectivity index (χ1v) is 13.3. The molecule has 180 valence electrons. The van der Waals surface area contributed by atoms with E-state index < -0.39 is 0 Å². The molecule has 0 radical (unpaired) electrons. The van der Waals surface area contributed by atoms with Gasteiger partial charge in [0.1, 0.15) is 0 Å². The third-order valence-electron chi connectivity index (χ3n) is 6.77. The molecular weight excluding hydrogens is 452 g/mol. The van der Waals surface area contributed by atoms with Crippen LogP contribution in [0.4, 0.5) is 5.13 Å². The summed E-state index contributed by atoms with van der Waals surface area (Å²) in [5.41, 5.74) is 4.52. The summed E-state index contributed by atoms with van der Waals surface area (Å²) < 4.78 is 1.27. The molecule has 1 amide bonds. The van der Waals surface area contributed by atoms with Gasteiger partial charge in [-0.1, -0.05) is 91.1 Å². The Bertz CT molecular complexity index is 1210. The third kappa shape index (κ3) is 5.39. The topological polar surface area (TPSA) is 48.5 Å². The fourth-order valence-corrected chi connectivity index (χ4v) is 5.87. The second-order valence-electron chi connectivity index (χ2n) is 8.99. The molecular formula is C29H32N4OS. The maximum Gasteiger partial charge on any atom is 0.232 e. The first-order chi connectivity index (χ1) is 17.2. The number of hydrogen-bond acceptors (Lipinski definition) is 5. The highest BCUT2D eigenvalue weighted by Gasteiger charge is 2.23. The molecule has 2 heterocycles. The van der Waals surface area contributed by atoms with E-state index in [1.165, 1.54) is 10.3 Å². The number of nitrogens with one attached hydrogen (secondary N) is 1. The third-order valence-corrected chi connectivity index (χ3v) is 7.85. The summed E-state index contributed by atoms with van der Waals surface area (Å²) in [4.78, 5) is 23.0. The number of rotatable bonds is 8. The van der Waals surface area contributed by atoms with E-state index in [1.807, 2.05) is 60.7 Å². The highest BCUT2D eigenvalue weighted by molar-refractivity contribution is 7.22. The van der Waals surface area contributed by atoms with Crippen molar-refractivity contribution in [1.82, 2.24) is 15.2 Å². The maximum absolute atomic E-state index is 13.2. The van der Waals surface area contributed by atoms with Crippen LogP contribution in [0, 0.1) is 0 Å². The summed E-state index contributed by atoms with van der Waals surface area (Å²) in [6.45, 7) is 7.58. The Morgan fingerprint density at radius 2 is 1.57 bits per heavy atom. The van der Waals surface area contributed by atoms with Crippen molar-refractivity contribution >= 4 is 32.6 Å². The molecule has 0 unspecified atom stereocenters. The smallest absolute Gasteiger partial charge is 0.232 e. The number of hydrogen-bond donors (Lipinski definition) is 1. The maximum atomic E-state index is 13.2. The molecule has 5 nitrogen and oxygen atoms in total. The second-order valence-corrected chi connectivity index (χ2v) is 10.00. The van der Waals surface area contributed by atoms with E-state index in [9.17, 15) is 4.79 Å². The molecule has 1 aromatic heterocycles. The monoisotopic (exact) mass is 484 g/mol. The lowest BCUT2D eigenvalue weighted by molar-refractivity contribution is -0.121. The van der Waals surface area contributed by atoms with Crippen molar-refractivity contribution in [2.45, 2.75) is 19.3 Å². The second kappa shape index (κ2) is 11.0. The number of amides is 1. The van der Waals surface area contributed by atoms with E-state index in [1.54, 1.807) is 11.3 Å². The van der Waals surface area contributed by atoms with E-state index in [4.69, 9.17) is 4.98 Å². The molecule has 1 aliphatic rings. The van der Waals surface area contributed by atoms with E-state index in [-0.39, 0.29) is 11.8 Å². The lowest BCUT2D eigenvalue weighted by atomic mass is 9.90. The minimum absolute atomic E-state index is 0.0576. The molecule has 1 N–H and O–H groups in total. The number of aryl methyl sites for hydroxylation is 1. The molecule has 0 bridgehead atoms. The van der Waals surface area contributed by atoms with Gasteiger partial charge in [0.25, 0.3) is 0 Å². The fraction of sp³-hybridized carbons (Fsp3) is 0.310. The van der Waals surface area contributed by atoms with Crippen molar-refractivity contribution < 1.29 is 4.79 Å². The van der Waals surface area contributed by atoms with Crippen LogP contribution in [0.2, 0.25) is 0 Å². The van der Waals surface area contributed by atoms with Gasteiger partial charge in [-0.05, 0) is 29.2 Å². The van der Waals surface area contributed by atoms with Crippen molar-refractivity contribution in [3.8, 4) is 0 Å². The van der Waals surface area contributed by atoms with Crippen LogP contribution < -0.4 is 10.2 Å². The summed E-state index contributed by atoms with van der Waals surface area (Å²) in [6.07, 6.45) is 1.01. The van der Waals surface area contributed by atoms with E-state index in [2.05, 4.69) is 40.2 Å². The first-order valence-electron chi connectivity index (χ1n) is 12.5. The summed E-state index contributed by atoms with van der Waals surface area (Å²) in [5.74, 6) is -0.233. The quantitative estimate of drug-likeness (QED) is 0.385. The van der Waals surface area contributed by atoms with Crippen LogP contribution in [-0.2, 0) is 11.2 Å². The van der Waals surface area contributed by atoms with E-state index in [0.29, 0.717) is 6.54 Å². The molecule has 1 aliphatic heterocycles. The van der Waals surface area contributed by atoms with Crippen LogP contribution in [0.3, 0.4) is 0 Å². The van der Waals surface area contributed by atoms with Gasteiger partial charge < -0.3 is 10.2 Å². The zero-order valence-electron chi connectivity index (χ0n) is 20.2. The molecule has 0 aliphatic carbocycles. The van der Waals surface area contributed by atoms with E-state index >= 15 is 0 Å². The number of para-hydroxylation sites is 1. The lowest BCUT2D eigenvalue weighted by Gasteiger charge is -2.34. The van der Waals surface area contributed by atoms with Crippen molar-refractivity contribution in [3.05, 3.63) is 95.6 Å². The van der Waals surface area contributed by atoms with Crippen molar-refractivity contribution in [3.63, 3.8) is 0 Å². The molecule has 0 spiro atoms.